The SMILES string of the molecule is CCCN(CCC)C(C)CCOc1ccc(/C=C/c2nc3ccccc3o2)cc1. The highest BCUT2D eigenvalue weighted by atomic mass is 16.5. The number of fused-ring (bicyclic) bond motifs is 1. The summed E-state index contributed by atoms with van der Waals surface area (Å²) in [7, 11) is 0. The Bertz CT molecular complexity index is 860. The van der Waals surface area contributed by atoms with Gasteiger partial charge in [-0.15, -0.1) is 0 Å². The quantitative estimate of drug-likeness (QED) is 0.385. The van der Waals surface area contributed by atoms with E-state index in [4.69, 9.17) is 9.15 Å². The van der Waals surface area contributed by atoms with Gasteiger partial charge < -0.3 is 14.1 Å². The molecule has 1 heterocycles. The van der Waals surface area contributed by atoms with Crippen LogP contribution in [0.15, 0.2) is 52.9 Å². The van der Waals surface area contributed by atoms with E-state index in [9.17, 15) is 0 Å². The molecule has 0 bridgehead atoms. The molecule has 0 aliphatic heterocycles. The normalized spacial score (nSPS) is 12.8. The fraction of sp³-hybridized carbons (Fsp3) is 0.400. The van der Waals surface area contributed by atoms with E-state index >= 15 is 0 Å². The van der Waals surface area contributed by atoms with Gasteiger partial charge in [-0.1, -0.05) is 38.1 Å². The molecule has 3 rings (SSSR count). The summed E-state index contributed by atoms with van der Waals surface area (Å²) < 4.78 is 11.7. The topological polar surface area (TPSA) is 38.5 Å². The zero-order valence-corrected chi connectivity index (χ0v) is 17.8. The summed E-state index contributed by atoms with van der Waals surface area (Å²) in [6, 6.07) is 16.5. The maximum atomic E-state index is 5.96. The first-order chi connectivity index (χ1) is 14.2. The van der Waals surface area contributed by atoms with Gasteiger partial charge in [0, 0.05) is 12.1 Å². The molecule has 1 atom stereocenters. The fourth-order valence-corrected chi connectivity index (χ4v) is 3.46. The van der Waals surface area contributed by atoms with E-state index in [0.29, 0.717) is 11.9 Å². The number of benzene rings is 2. The van der Waals surface area contributed by atoms with Crippen molar-refractivity contribution < 1.29 is 9.15 Å². The van der Waals surface area contributed by atoms with E-state index in [0.717, 1.165) is 48.5 Å². The van der Waals surface area contributed by atoms with Crippen molar-refractivity contribution in [2.75, 3.05) is 19.7 Å². The molecule has 0 radical (unpaired) electrons. The lowest BCUT2D eigenvalue weighted by molar-refractivity contribution is 0.174. The van der Waals surface area contributed by atoms with E-state index in [1.807, 2.05) is 48.6 Å². The van der Waals surface area contributed by atoms with Crippen LogP contribution in [0, 0.1) is 0 Å². The molecule has 0 amide bonds. The van der Waals surface area contributed by atoms with Gasteiger partial charge in [-0.25, -0.2) is 4.98 Å². The van der Waals surface area contributed by atoms with Crippen LogP contribution in [-0.2, 0) is 0 Å². The van der Waals surface area contributed by atoms with Crippen LogP contribution >= 0.6 is 0 Å². The molecular weight excluding hydrogens is 360 g/mol. The average molecular weight is 393 g/mol. The first-order valence-corrected chi connectivity index (χ1v) is 10.7. The van der Waals surface area contributed by atoms with Crippen LogP contribution in [0.25, 0.3) is 23.3 Å². The van der Waals surface area contributed by atoms with Crippen molar-refractivity contribution in [3.63, 3.8) is 0 Å². The second kappa shape index (κ2) is 10.8. The largest absolute Gasteiger partial charge is 0.494 e. The van der Waals surface area contributed by atoms with Crippen LogP contribution in [0.2, 0.25) is 0 Å². The molecule has 3 aromatic rings. The smallest absolute Gasteiger partial charge is 0.220 e. The standard InChI is InChI=1S/C25H32N2O2/c1-4-17-27(18-5-2)20(3)16-19-28-22-13-10-21(11-14-22)12-15-25-26-23-8-6-7-9-24(23)29-25/h6-15,20H,4-5,16-19H2,1-3H3/b15-12+. The summed E-state index contributed by atoms with van der Waals surface area (Å²) in [5.74, 6) is 1.53. The zero-order chi connectivity index (χ0) is 20.5. The Kier molecular flexibility index (Phi) is 7.88. The van der Waals surface area contributed by atoms with Gasteiger partial charge in [0.15, 0.2) is 5.58 Å². The Balaban J connectivity index is 1.49. The van der Waals surface area contributed by atoms with Crippen molar-refractivity contribution in [2.45, 2.75) is 46.1 Å². The molecule has 1 aromatic heterocycles. The number of rotatable bonds is 11. The number of hydrogen-bond acceptors (Lipinski definition) is 4. The van der Waals surface area contributed by atoms with Crippen LogP contribution in [0.4, 0.5) is 0 Å². The minimum Gasteiger partial charge on any atom is -0.494 e. The second-order valence-corrected chi connectivity index (χ2v) is 7.44. The number of para-hydroxylation sites is 2. The van der Waals surface area contributed by atoms with Gasteiger partial charge in [-0.05, 0) is 75.2 Å². The Labute approximate surface area is 174 Å². The molecular formula is C25H32N2O2. The summed E-state index contributed by atoms with van der Waals surface area (Å²) in [6.45, 7) is 9.85. The Morgan fingerprint density at radius 3 is 2.41 bits per heavy atom. The zero-order valence-electron chi connectivity index (χ0n) is 17.8. The summed E-state index contributed by atoms with van der Waals surface area (Å²) in [6.07, 6.45) is 7.34. The van der Waals surface area contributed by atoms with Gasteiger partial charge >= 0.3 is 0 Å². The molecule has 4 heteroatoms. The predicted octanol–water partition coefficient (Wildman–Crippen LogP) is 6.28. The lowest BCUT2D eigenvalue weighted by Gasteiger charge is -2.28. The molecule has 0 fully saturated rings. The third-order valence-electron chi connectivity index (χ3n) is 5.06. The van der Waals surface area contributed by atoms with Crippen LogP contribution in [0.5, 0.6) is 5.75 Å². The first kappa shape index (κ1) is 21.1. The summed E-state index contributed by atoms with van der Waals surface area (Å²) in [5.41, 5.74) is 2.77. The van der Waals surface area contributed by atoms with E-state index in [1.165, 1.54) is 12.8 Å². The highest BCUT2D eigenvalue weighted by Gasteiger charge is 2.12. The fourth-order valence-electron chi connectivity index (χ4n) is 3.46. The number of nitrogens with zero attached hydrogens (tertiary/aromatic N) is 2. The molecule has 0 aliphatic carbocycles. The highest BCUT2D eigenvalue weighted by molar-refractivity contribution is 5.75. The molecule has 29 heavy (non-hydrogen) atoms. The van der Waals surface area contributed by atoms with Gasteiger partial charge in [0.2, 0.25) is 5.89 Å². The molecule has 154 valence electrons. The molecule has 1 unspecified atom stereocenters. The van der Waals surface area contributed by atoms with Crippen molar-refractivity contribution in [1.82, 2.24) is 9.88 Å². The Morgan fingerprint density at radius 2 is 1.72 bits per heavy atom. The van der Waals surface area contributed by atoms with E-state index in [-0.39, 0.29) is 0 Å². The summed E-state index contributed by atoms with van der Waals surface area (Å²) in [4.78, 5) is 7.02. The molecule has 0 aliphatic rings. The minimum absolute atomic E-state index is 0.549. The van der Waals surface area contributed by atoms with Crippen LogP contribution in [0.3, 0.4) is 0 Å². The monoisotopic (exact) mass is 392 g/mol. The van der Waals surface area contributed by atoms with E-state index in [2.05, 4.69) is 42.8 Å². The molecule has 0 saturated heterocycles. The van der Waals surface area contributed by atoms with Crippen LogP contribution in [0.1, 0.15) is 51.5 Å². The van der Waals surface area contributed by atoms with E-state index in [1.54, 1.807) is 0 Å². The summed E-state index contributed by atoms with van der Waals surface area (Å²) >= 11 is 0. The second-order valence-electron chi connectivity index (χ2n) is 7.44. The van der Waals surface area contributed by atoms with Crippen molar-refractivity contribution in [2.24, 2.45) is 0 Å². The van der Waals surface area contributed by atoms with Gasteiger partial charge in [-0.2, -0.15) is 0 Å². The molecule has 4 nitrogen and oxygen atoms in total. The van der Waals surface area contributed by atoms with Crippen molar-refractivity contribution in [3.05, 3.63) is 60.0 Å². The average Bonchev–Trinajstić information content (AvgIpc) is 3.16. The molecule has 0 spiro atoms. The number of oxazole rings is 1. The molecule has 2 aromatic carbocycles. The molecule has 0 N–H and O–H groups in total. The predicted molar refractivity (Wildman–Crippen MR) is 121 cm³/mol. The lowest BCUT2D eigenvalue weighted by atomic mass is 10.2. The van der Waals surface area contributed by atoms with Crippen LogP contribution < -0.4 is 4.74 Å². The van der Waals surface area contributed by atoms with Crippen molar-refractivity contribution in [3.8, 4) is 5.75 Å². The van der Waals surface area contributed by atoms with E-state index < -0.39 is 0 Å². The molecule has 0 saturated carbocycles. The van der Waals surface area contributed by atoms with Gasteiger partial charge in [0.1, 0.15) is 11.3 Å². The Morgan fingerprint density at radius 1 is 1.00 bits per heavy atom. The Hall–Kier alpha value is -2.59. The highest BCUT2D eigenvalue weighted by Crippen LogP contribution is 2.18. The first-order valence-electron chi connectivity index (χ1n) is 10.7. The maximum Gasteiger partial charge on any atom is 0.220 e. The van der Waals surface area contributed by atoms with Crippen molar-refractivity contribution >= 4 is 23.3 Å². The number of aromatic nitrogens is 1. The van der Waals surface area contributed by atoms with Crippen molar-refractivity contribution in [1.29, 1.82) is 0 Å². The third kappa shape index (κ3) is 6.20. The summed E-state index contributed by atoms with van der Waals surface area (Å²) in [5, 5.41) is 0. The van der Waals surface area contributed by atoms with Gasteiger partial charge in [0.05, 0.1) is 6.61 Å². The lowest BCUT2D eigenvalue weighted by Crippen LogP contribution is -2.35. The number of hydrogen-bond donors (Lipinski definition) is 0. The third-order valence-corrected chi connectivity index (χ3v) is 5.06. The minimum atomic E-state index is 0.549. The van der Waals surface area contributed by atoms with Gasteiger partial charge in [-0.3, -0.25) is 0 Å². The van der Waals surface area contributed by atoms with Gasteiger partial charge in [0.25, 0.3) is 0 Å². The maximum absolute atomic E-state index is 5.96. The van der Waals surface area contributed by atoms with Crippen LogP contribution in [-0.4, -0.2) is 35.6 Å². The number of ether oxygens (including phenoxy) is 1.